The first-order valence-electron chi connectivity index (χ1n) is 11.3. The summed E-state index contributed by atoms with van der Waals surface area (Å²) in [4.78, 5) is 21.5. The van der Waals surface area contributed by atoms with Crippen molar-refractivity contribution in [3.63, 3.8) is 0 Å². The number of carbonyl (C=O) groups excluding carboxylic acids is 1. The van der Waals surface area contributed by atoms with Crippen molar-refractivity contribution in [1.29, 1.82) is 0 Å². The maximum atomic E-state index is 12.5. The highest BCUT2D eigenvalue weighted by Gasteiger charge is 2.48. The molecule has 2 aliphatic heterocycles. The first-order chi connectivity index (χ1) is 17.1. The summed E-state index contributed by atoms with van der Waals surface area (Å²) in [6, 6.07) is 15.9. The third-order valence-corrected chi connectivity index (χ3v) is 6.07. The molecule has 2 fully saturated rings. The molecule has 4 atom stereocenters. The summed E-state index contributed by atoms with van der Waals surface area (Å²) in [5.74, 6) is 1.93. The predicted molar refractivity (Wildman–Crippen MR) is 130 cm³/mol. The number of hydrogen-bond acceptors (Lipinski definition) is 8. The second-order valence-electron chi connectivity index (χ2n) is 8.25. The molecule has 182 valence electrons. The molecule has 10 nitrogen and oxygen atoms in total. The Labute approximate surface area is 203 Å². The average molecular weight is 478 g/mol. The van der Waals surface area contributed by atoms with Gasteiger partial charge in [0.15, 0.2) is 0 Å². The lowest BCUT2D eigenvalue weighted by atomic mass is 10.1. The first kappa shape index (κ1) is 22.9. The molecule has 0 unspecified atom stereocenters. The van der Waals surface area contributed by atoms with Crippen LogP contribution in [0.5, 0.6) is 11.5 Å². The number of fused-ring (bicyclic) bond motifs is 1. The molecule has 2 saturated heterocycles. The van der Waals surface area contributed by atoms with E-state index >= 15 is 0 Å². The van der Waals surface area contributed by atoms with Gasteiger partial charge in [0, 0.05) is 17.4 Å². The van der Waals surface area contributed by atoms with Gasteiger partial charge in [0.1, 0.15) is 23.7 Å². The number of para-hydroxylation sites is 1. The van der Waals surface area contributed by atoms with Crippen molar-refractivity contribution in [2.75, 3.05) is 38.1 Å². The van der Waals surface area contributed by atoms with E-state index < -0.39 is 0 Å². The maximum absolute atomic E-state index is 12.5. The fourth-order valence-corrected chi connectivity index (χ4v) is 4.36. The highest BCUT2D eigenvalue weighted by Crippen LogP contribution is 2.31. The number of aromatic nitrogens is 2. The molecule has 0 spiro atoms. The SMILES string of the molecule is COc1ccc(NC(=O)N[C@@H]2CO[C@@H]3[C@@H]2OC[C@@H]3Nc2nccc(-c3ccccc3OC)n2)cc1. The third-order valence-electron chi connectivity index (χ3n) is 6.07. The van der Waals surface area contributed by atoms with Gasteiger partial charge >= 0.3 is 6.03 Å². The molecule has 35 heavy (non-hydrogen) atoms. The van der Waals surface area contributed by atoms with Crippen molar-refractivity contribution in [1.82, 2.24) is 15.3 Å². The van der Waals surface area contributed by atoms with Gasteiger partial charge in [-0.3, -0.25) is 0 Å². The van der Waals surface area contributed by atoms with E-state index in [0.717, 1.165) is 22.8 Å². The van der Waals surface area contributed by atoms with E-state index in [1.54, 1.807) is 44.7 Å². The number of benzene rings is 2. The van der Waals surface area contributed by atoms with Crippen molar-refractivity contribution in [3.8, 4) is 22.8 Å². The van der Waals surface area contributed by atoms with Gasteiger partial charge in [-0.2, -0.15) is 0 Å². The van der Waals surface area contributed by atoms with Crippen molar-refractivity contribution in [3.05, 3.63) is 60.8 Å². The van der Waals surface area contributed by atoms with E-state index in [0.29, 0.717) is 24.8 Å². The van der Waals surface area contributed by atoms with Crippen molar-refractivity contribution in [2.24, 2.45) is 0 Å². The Kier molecular flexibility index (Phi) is 6.64. The van der Waals surface area contributed by atoms with Crippen molar-refractivity contribution < 1.29 is 23.7 Å². The largest absolute Gasteiger partial charge is 0.497 e. The average Bonchev–Trinajstić information content (AvgIpc) is 3.48. The summed E-state index contributed by atoms with van der Waals surface area (Å²) in [7, 11) is 3.23. The second kappa shape index (κ2) is 10.2. The minimum Gasteiger partial charge on any atom is -0.497 e. The zero-order valence-corrected chi connectivity index (χ0v) is 19.4. The molecule has 2 aliphatic rings. The molecular formula is C25H27N5O5. The van der Waals surface area contributed by atoms with Crippen LogP contribution < -0.4 is 25.4 Å². The maximum Gasteiger partial charge on any atom is 0.319 e. The van der Waals surface area contributed by atoms with Gasteiger partial charge < -0.3 is 34.9 Å². The number of methoxy groups -OCH3 is 2. The number of ether oxygens (including phenoxy) is 4. The normalized spacial score (nSPS) is 22.8. The summed E-state index contributed by atoms with van der Waals surface area (Å²) < 4.78 is 22.6. The summed E-state index contributed by atoms with van der Waals surface area (Å²) >= 11 is 0. The van der Waals surface area contributed by atoms with Crippen LogP contribution in [0.3, 0.4) is 0 Å². The topological polar surface area (TPSA) is 116 Å². The summed E-state index contributed by atoms with van der Waals surface area (Å²) in [6.45, 7) is 0.765. The third kappa shape index (κ3) is 4.98. The van der Waals surface area contributed by atoms with E-state index in [9.17, 15) is 4.79 Å². The van der Waals surface area contributed by atoms with Crippen molar-refractivity contribution >= 4 is 17.7 Å². The van der Waals surface area contributed by atoms with Crippen LogP contribution in [-0.2, 0) is 9.47 Å². The number of amides is 2. The summed E-state index contributed by atoms with van der Waals surface area (Å²) in [5, 5.41) is 9.10. The second-order valence-corrected chi connectivity index (χ2v) is 8.25. The van der Waals surface area contributed by atoms with E-state index in [-0.39, 0.29) is 30.3 Å². The van der Waals surface area contributed by atoms with Gasteiger partial charge in [-0.15, -0.1) is 0 Å². The molecule has 3 aromatic rings. The molecular weight excluding hydrogens is 450 g/mol. The highest BCUT2D eigenvalue weighted by molar-refractivity contribution is 5.89. The van der Waals surface area contributed by atoms with Crippen LogP contribution in [0.1, 0.15) is 0 Å². The van der Waals surface area contributed by atoms with Crippen LogP contribution in [0.25, 0.3) is 11.3 Å². The van der Waals surface area contributed by atoms with E-state index in [4.69, 9.17) is 18.9 Å². The number of carbonyl (C=O) groups is 1. The molecule has 0 saturated carbocycles. The van der Waals surface area contributed by atoms with Crippen LogP contribution in [0.2, 0.25) is 0 Å². The quantitative estimate of drug-likeness (QED) is 0.476. The van der Waals surface area contributed by atoms with Gasteiger partial charge in [0.25, 0.3) is 0 Å². The Morgan fingerprint density at radius 1 is 0.943 bits per heavy atom. The molecule has 3 heterocycles. The number of hydrogen-bond donors (Lipinski definition) is 3. The lowest BCUT2D eigenvalue weighted by Gasteiger charge is -2.19. The minimum atomic E-state index is -0.322. The molecule has 1 aromatic heterocycles. The first-order valence-corrected chi connectivity index (χ1v) is 11.3. The lowest BCUT2D eigenvalue weighted by molar-refractivity contribution is 0.0683. The van der Waals surface area contributed by atoms with Crippen LogP contribution in [-0.4, -0.2) is 67.7 Å². The fourth-order valence-electron chi connectivity index (χ4n) is 4.36. The minimum absolute atomic E-state index is 0.149. The van der Waals surface area contributed by atoms with Crippen LogP contribution in [0.4, 0.5) is 16.4 Å². The Balaban J connectivity index is 1.20. The Hall–Kier alpha value is -3.89. The lowest BCUT2D eigenvalue weighted by Crippen LogP contribution is -2.46. The zero-order valence-electron chi connectivity index (χ0n) is 19.4. The van der Waals surface area contributed by atoms with Crippen LogP contribution >= 0.6 is 0 Å². The fraction of sp³-hybridized carbons (Fsp3) is 0.320. The molecule has 10 heteroatoms. The smallest absolute Gasteiger partial charge is 0.319 e. The van der Waals surface area contributed by atoms with Gasteiger partial charge in [-0.05, 0) is 42.5 Å². The van der Waals surface area contributed by atoms with E-state index in [1.165, 1.54) is 0 Å². The number of nitrogens with one attached hydrogen (secondary N) is 3. The molecule has 0 radical (unpaired) electrons. The van der Waals surface area contributed by atoms with Gasteiger partial charge in [-0.1, -0.05) is 12.1 Å². The van der Waals surface area contributed by atoms with Gasteiger partial charge in [0.2, 0.25) is 5.95 Å². The molecule has 0 bridgehead atoms. The summed E-state index contributed by atoms with van der Waals surface area (Å²) in [6.07, 6.45) is 1.19. The molecule has 5 rings (SSSR count). The number of nitrogens with zero attached hydrogens (tertiary/aromatic N) is 2. The van der Waals surface area contributed by atoms with Gasteiger partial charge in [0.05, 0.1) is 45.2 Å². The van der Waals surface area contributed by atoms with Crippen LogP contribution in [0, 0.1) is 0 Å². The van der Waals surface area contributed by atoms with E-state index in [1.807, 2.05) is 30.3 Å². The predicted octanol–water partition coefficient (Wildman–Crippen LogP) is 2.93. The zero-order chi connectivity index (χ0) is 24.2. The Morgan fingerprint density at radius 2 is 1.69 bits per heavy atom. The molecule has 3 N–H and O–H groups in total. The Morgan fingerprint density at radius 3 is 2.46 bits per heavy atom. The highest BCUT2D eigenvalue weighted by atomic mass is 16.6. The van der Waals surface area contributed by atoms with Crippen molar-refractivity contribution in [2.45, 2.75) is 24.3 Å². The number of urea groups is 1. The number of rotatable bonds is 7. The van der Waals surface area contributed by atoms with E-state index in [2.05, 4.69) is 25.9 Å². The Bertz CT molecular complexity index is 1170. The van der Waals surface area contributed by atoms with Gasteiger partial charge in [-0.25, -0.2) is 14.8 Å². The molecule has 2 aromatic carbocycles. The summed E-state index contributed by atoms with van der Waals surface area (Å²) in [5.41, 5.74) is 2.29. The monoisotopic (exact) mass is 477 g/mol. The molecule has 2 amide bonds. The standard InChI is InChI=1S/C25H27N5O5/c1-32-16-9-7-15(8-10-16)27-25(31)30-20-14-35-22-19(13-34-23(20)22)29-24-26-12-11-18(28-24)17-5-3-4-6-21(17)33-2/h3-12,19-20,22-23H,13-14H2,1-2H3,(H,26,28,29)(H2,27,30,31)/t19-,20+,22-,23+/m0/s1. The van der Waals surface area contributed by atoms with Crippen LogP contribution in [0.15, 0.2) is 60.8 Å². The molecule has 0 aliphatic carbocycles. The number of anilines is 2.